The molecule has 1 fully saturated rings. The number of hydrogen-bond donors (Lipinski definition) is 3. The van der Waals surface area contributed by atoms with Crippen LogP contribution in [0.25, 0.3) is 32.9 Å². The van der Waals surface area contributed by atoms with E-state index in [1.54, 1.807) is 12.1 Å². The molecule has 0 bridgehead atoms. The molecule has 3 aromatic carbocycles. The average molecular weight is 552 g/mol. The third-order valence-corrected chi connectivity index (χ3v) is 9.19. The van der Waals surface area contributed by atoms with Crippen LogP contribution >= 0.6 is 0 Å². The zero-order valence-electron chi connectivity index (χ0n) is 22.0. The van der Waals surface area contributed by atoms with Gasteiger partial charge in [0.05, 0.1) is 5.56 Å². The van der Waals surface area contributed by atoms with Gasteiger partial charge in [-0.3, -0.25) is 0 Å². The molecule has 0 saturated carbocycles. The maximum atomic E-state index is 12.9. The Balaban J connectivity index is 1.39. The number of nitrogens with one attached hydrogen (secondary N) is 2. The number of H-pyrrole nitrogens is 1. The van der Waals surface area contributed by atoms with E-state index >= 15 is 0 Å². The number of fused-ring (bicyclic) bond motifs is 2. The molecule has 2 aromatic heterocycles. The Morgan fingerprint density at radius 3 is 2.60 bits per heavy atom. The van der Waals surface area contributed by atoms with Crippen LogP contribution in [0.3, 0.4) is 0 Å². The lowest BCUT2D eigenvalue weighted by Crippen LogP contribution is -2.35. The van der Waals surface area contributed by atoms with Crippen LogP contribution in [0.5, 0.6) is 0 Å². The van der Waals surface area contributed by atoms with Gasteiger partial charge in [-0.1, -0.05) is 30.0 Å². The Morgan fingerprint density at radius 2 is 1.82 bits per heavy atom. The molecule has 1 aliphatic rings. The summed E-state index contributed by atoms with van der Waals surface area (Å²) in [7, 11) is -3.33. The molecule has 40 heavy (non-hydrogen) atoms. The summed E-state index contributed by atoms with van der Waals surface area (Å²) < 4.78 is 27.6. The summed E-state index contributed by atoms with van der Waals surface area (Å²) in [5, 5.41) is 14.6. The second-order valence-corrected chi connectivity index (χ2v) is 12.5. The Kier molecular flexibility index (Phi) is 6.70. The van der Waals surface area contributed by atoms with Gasteiger partial charge >= 0.3 is 5.97 Å². The van der Waals surface area contributed by atoms with E-state index in [9.17, 15) is 18.3 Å². The van der Waals surface area contributed by atoms with E-state index in [-0.39, 0.29) is 11.5 Å². The molecule has 5 aromatic rings. The van der Waals surface area contributed by atoms with Crippen LogP contribution in [0.2, 0.25) is 0 Å². The SMILES string of the molecule is CS(=O)(=O)C(C1CCNCC1)n1ccc2cc(C#Cc3cccc(C(=O)O)c3-c3ccc4cc[nH]c4c3)ccc21. The molecule has 1 aliphatic heterocycles. The number of carboxylic acids is 1. The third-order valence-electron chi connectivity index (χ3n) is 7.70. The van der Waals surface area contributed by atoms with E-state index in [0.717, 1.165) is 58.9 Å². The van der Waals surface area contributed by atoms with Gasteiger partial charge in [-0.05, 0) is 91.3 Å². The van der Waals surface area contributed by atoms with Gasteiger partial charge in [0.25, 0.3) is 0 Å². The number of aromatic carboxylic acids is 1. The summed E-state index contributed by atoms with van der Waals surface area (Å²) >= 11 is 0. The zero-order chi connectivity index (χ0) is 27.9. The van der Waals surface area contributed by atoms with E-state index in [1.165, 1.54) is 6.26 Å². The fourth-order valence-corrected chi connectivity index (χ4v) is 7.43. The van der Waals surface area contributed by atoms with E-state index in [1.807, 2.05) is 71.6 Å². The predicted octanol–water partition coefficient (Wildman–Crippen LogP) is 5.43. The van der Waals surface area contributed by atoms with Crippen molar-refractivity contribution < 1.29 is 18.3 Å². The predicted molar refractivity (Wildman–Crippen MR) is 158 cm³/mol. The molecule has 6 rings (SSSR count). The highest BCUT2D eigenvalue weighted by atomic mass is 32.2. The Hall–Kier alpha value is -4.32. The molecule has 0 radical (unpaired) electrons. The Morgan fingerprint density at radius 1 is 1.00 bits per heavy atom. The van der Waals surface area contributed by atoms with Crippen LogP contribution in [0.15, 0.2) is 79.1 Å². The number of aromatic nitrogens is 2. The molecule has 0 spiro atoms. The lowest BCUT2D eigenvalue weighted by Gasteiger charge is -2.31. The summed E-state index contributed by atoms with van der Waals surface area (Å²) in [4.78, 5) is 15.3. The van der Waals surface area contributed by atoms with Crippen molar-refractivity contribution in [3.05, 3.63) is 95.8 Å². The van der Waals surface area contributed by atoms with E-state index in [0.29, 0.717) is 11.1 Å². The molecule has 0 amide bonds. The number of carbonyl (C=O) groups is 1. The number of aromatic amines is 1. The van der Waals surface area contributed by atoms with Crippen LogP contribution in [0.4, 0.5) is 0 Å². The first-order chi connectivity index (χ1) is 19.3. The van der Waals surface area contributed by atoms with Gasteiger partial charge in [0, 0.05) is 51.8 Å². The van der Waals surface area contributed by atoms with E-state index in [4.69, 9.17) is 0 Å². The minimum atomic E-state index is -3.33. The first kappa shape index (κ1) is 25.9. The van der Waals surface area contributed by atoms with Crippen LogP contribution < -0.4 is 5.32 Å². The first-order valence-electron chi connectivity index (χ1n) is 13.3. The summed E-state index contributed by atoms with van der Waals surface area (Å²) in [5.41, 5.74) is 4.69. The fourth-order valence-electron chi connectivity index (χ4n) is 5.86. The van der Waals surface area contributed by atoms with Crippen molar-refractivity contribution in [3.63, 3.8) is 0 Å². The monoisotopic (exact) mass is 551 g/mol. The highest BCUT2D eigenvalue weighted by Crippen LogP contribution is 2.34. The number of hydrogen-bond acceptors (Lipinski definition) is 4. The van der Waals surface area contributed by atoms with Gasteiger partial charge in [-0.2, -0.15) is 0 Å². The van der Waals surface area contributed by atoms with Gasteiger partial charge < -0.3 is 20.0 Å². The molecular formula is C32H29N3O4S. The summed E-state index contributed by atoms with van der Waals surface area (Å²) in [6, 6.07) is 20.6. The van der Waals surface area contributed by atoms with Crippen molar-refractivity contribution in [2.45, 2.75) is 18.2 Å². The van der Waals surface area contributed by atoms with Gasteiger partial charge in [0.15, 0.2) is 9.84 Å². The minimum Gasteiger partial charge on any atom is -0.478 e. The second-order valence-electron chi connectivity index (χ2n) is 10.4. The third kappa shape index (κ3) is 4.90. The van der Waals surface area contributed by atoms with Gasteiger partial charge in [-0.25, -0.2) is 13.2 Å². The summed E-state index contributed by atoms with van der Waals surface area (Å²) in [6.45, 7) is 1.64. The molecule has 8 heteroatoms. The number of rotatable bonds is 5. The maximum absolute atomic E-state index is 12.9. The molecule has 1 saturated heterocycles. The average Bonchev–Trinajstić information content (AvgIpc) is 3.58. The molecule has 3 N–H and O–H groups in total. The second kappa shape index (κ2) is 10.3. The normalized spacial score (nSPS) is 15.1. The number of sulfone groups is 1. The quantitative estimate of drug-likeness (QED) is 0.253. The molecule has 0 aliphatic carbocycles. The number of nitrogens with zero attached hydrogens (tertiary/aromatic N) is 1. The fraction of sp³-hybridized carbons (Fsp3) is 0.219. The number of carboxylic acid groups (broad SMARTS) is 1. The first-order valence-corrected chi connectivity index (χ1v) is 15.2. The van der Waals surface area contributed by atoms with Crippen molar-refractivity contribution in [2.24, 2.45) is 5.92 Å². The van der Waals surface area contributed by atoms with Gasteiger partial charge in [-0.15, -0.1) is 0 Å². The summed E-state index contributed by atoms with van der Waals surface area (Å²) in [5.74, 6) is 5.45. The van der Waals surface area contributed by atoms with Crippen molar-refractivity contribution in [3.8, 4) is 23.0 Å². The highest BCUT2D eigenvalue weighted by Gasteiger charge is 2.33. The van der Waals surface area contributed by atoms with Gasteiger partial charge in [0.2, 0.25) is 0 Å². The highest BCUT2D eigenvalue weighted by molar-refractivity contribution is 7.90. The van der Waals surface area contributed by atoms with Crippen LogP contribution in [0.1, 0.15) is 39.7 Å². The maximum Gasteiger partial charge on any atom is 0.336 e. The lowest BCUT2D eigenvalue weighted by molar-refractivity contribution is 0.0697. The van der Waals surface area contributed by atoms with Crippen LogP contribution in [0, 0.1) is 17.8 Å². The minimum absolute atomic E-state index is 0.0523. The molecular weight excluding hydrogens is 522 g/mol. The molecule has 3 heterocycles. The van der Waals surface area contributed by atoms with Crippen LogP contribution in [-0.2, 0) is 9.84 Å². The molecule has 1 atom stereocenters. The molecule has 202 valence electrons. The largest absolute Gasteiger partial charge is 0.478 e. The molecule has 1 unspecified atom stereocenters. The zero-order valence-corrected chi connectivity index (χ0v) is 22.8. The smallest absolute Gasteiger partial charge is 0.336 e. The number of piperidine rings is 1. The van der Waals surface area contributed by atoms with E-state index in [2.05, 4.69) is 22.1 Å². The van der Waals surface area contributed by atoms with E-state index < -0.39 is 21.2 Å². The van der Waals surface area contributed by atoms with Gasteiger partial charge in [0.1, 0.15) is 5.37 Å². The van der Waals surface area contributed by atoms with Crippen LogP contribution in [-0.4, -0.2) is 48.4 Å². The molecule has 7 nitrogen and oxygen atoms in total. The van der Waals surface area contributed by atoms with Crippen molar-refractivity contribution in [2.75, 3.05) is 19.3 Å². The van der Waals surface area contributed by atoms with Crippen molar-refractivity contribution in [1.29, 1.82) is 0 Å². The topological polar surface area (TPSA) is 104 Å². The van der Waals surface area contributed by atoms with Crippen molar-refractivity contribution in [1.82, 2.24) is 14.9 Å². The van der Waals surface area contributed by atoms with Crippen molar-refractivity contribution >= 4 is 37.6 Å². The standard InChI is InChI=1S/C32H29N3O4S/c1-40(38,39)31(24-11-15-33-16-12-24)35-18-14-25-19-21(6-10-29(25)35)5-7-23-3-2-4-27(32(36)37)30(23)26-9-8-22-13-17-34-28(22)20-26/h2-4,6,8-10,13-14,17-20,24,31,33-34H,11-12,15-16H2,1H3,(H,36,37). The Labute approximate surface area is 232 Å². The Bertz CT molecular complexity index is 1920. The lowest BCUT2D eigenvalue weighted by atomic mass is 9.93. The number of benzene rings is 3. The summed E-state index contributed by atoms with van der Waals surface area (Å²) in [6.07, 6.45) is 6.67.